The Hall–Kier alpha value is -3.35. The van der Waals surface area contributed by atoms with Gasteiger partial charge in [0, 0.05) is 23.2 Å². The molecule has 1 fully saturated rings. The predicted molar refractivity (Wildman–Crippen MR) is 88.2 cm³/mol. The van der Waals surface area contributed by atoms with E-state index in [9.17, 15) is 0 Å². The van der Waals surface area contributed by atoms with Gasteiger partial charge in [0.15, 0.2) is 5.82 Å². The van der Waals surface area contributed by atoms with Crippen LogP contribution in [0.1, 0.15) is 24.6 Å². The Morgan fingerprint density at radius 1 is 0.800 bits per heavy atom. The van der Waals surface area contributed by atoms with Crippen LogP contribution in [-0.4, -0.2) is 25.3 Å². The summed E-state index contributed by atoms with van der Waals surface area (Å²) >= 11 is 0. The van der Waals surface area contributed by atoms with Crippen LogP contribution in [0.2, 0.25) is 0 Å². The fourth-order valence-electron chi connectivity index (χ4n) is 2.55. The van der Waals surface area contributed by atoms with Crippen LogP contribution in [0, 0.1) is 0 Å². The Balaban J connectivity index is 1.40. The molecule has 0 radical (unpaired) electrons. The van der Waals surface area contributed by atoms with Crippen molar-refractivity contribution in [3.8, 4) is 34.4 Å². The van der Waals surface area contributed by atoms with E-state index in [4.69, 9.17) is 9.05 Å². The van der Waals surface area contributed by atoms with E-state index in [0.29, 0.717) is 29.2 Å². The summed E-state index contributed by atoms with van der Waals surface area (Å²) in [4.78, 5) is 13.1. The van der Waals surface area contributed by atoms with Crippen molar-refractivity contribution < 1.29 is 9.05 Å². The van der Waals surface area contributed by atoms with Gasteiger partial charge in [0.05, 0.1) is 0 Å². The molecule has 3 aromatic heterocycles. The first kappa shape index (κ1) is 14.0. The van der Waals surface area contributed by atoms with Crippen LogP contribution < -0.4 is 0 Å². The van der Waals surface area contributed by atoms with Gasteiger partial charge in [0.25, 0.3) is 11.8 Å². The van der Waals surface area contributed by atoms with Crippen LogP contribution in [0.5, 0.6) is 0 Å². The maximum absolute atomic E-state index is 5.34. The van der Waals surface area contributed by atoms with Crippen molar-refractivity contribution in [2.24, 2.45) is 0 Å². The average molecular weight is 331 g/mol. The monoisotopic (exact) mass is 331 g/mol. The zero-order valence-corrected chi connectivity index (χ0v) is 13.2. The lowest BCUT2D eigenvalue weighted by Crippen LogP contribution is -1.85. The van der Waals surface area contributed by atoms with Gasteiger partial charge >= 0.3 is 0 Å². The molecule has 3 heterocycles. The highest BCUT2D eigenvalue weighted by Gasteiger charge is 2.29. The molecular formula is C18H13N5O2. The molecule has 0 amide bonds. The van der Waals surface area contributed by atoms with E-state index in [1.807, 2.05) is 42.5 Å². The van der Waals surface area contributed by atoms with E-state index < -0.39 is 0 Å². The molecule has 25 heavy (non-hydrogen) atoms. The molecule has 0 bridgehead atoms. The summed E-state index contributed by atoms with van der Waals surface area (Å²) < 4.78 is 10.7. The molecule has 0 N–H and O–H groups in total. The lowest BCUT2D eigenvalue weighted by Gasteiger charge is -1.96. The van der Waals surface area contributed by atoms with Crippen molar-refractivity contribution in [1.82, 2.24) is 25.3 Å². The van der Waals surface area contributed by atoms with Crippen molar-refractivity contribution >= 4 is 0 Å². The summed E-state index contributed by atoms with van der Waals surface area (Å²) in [6.45, 7) is 0. The van der Waals surface area contributed by atoms with Crippen LogP contribution in [-0.2, 0) is 0 Å². The van der Waals surface area contributed by atoms with Crippen molar-refractivity contribution in [1.29, 1.82) is 0 Å². The SMILES string of the molecule is c1ccc(-c2noc(-c3ccc(-c4nc(C5CC5)no4)cc3)n2)nc1. The number of rotatable bonds is 4. The minimum atomic E-state index is 0.441. The van der Waals surface area contributed by atoms with Gasteiger partial charge in [0.2, 0.25) is 5.82 Å². The third kappa shape index (κ3) is 2.69. The summed E-state index contributed by atoms with van der Waals surface area (Å²) in [6.07, 6.45) is 3.99. The predicted octanol–water partition coefficient (Wildman–Crippen LogP) is 3.73. The fourth-order valence-corrected chi connectivity index (χ4v) is 2.55. The molecule has 7 heteroatoms. The first-order chi connectivity index (χ1) is 12.4. The lowest BCUT2D eigenvalue weighted by atomic mass is 10.1. The molecule has 5 rings (SSSR count). The Kier molecular flexibility index (Phi) is 3.16. The molecule has 7 nitrogen and oxygen atoms in total. The summed E-state index contributed by atoms with van der Waals surface area (Å²) in [7, 11) is 0. The summed E-state index contributed by atoms with van der Waals surface area (Å²) in [6, 6.07) is 13.2. The van der Waals surface area contributed by atoms with Crippen molar-refractivity contribution in [2.75, 3.05) is 0 Å². The molecule has 0 spiro atoms. The van der Waals surface area contributed by atoms with Crippen LogP contribution in [0.25, 0.3) is 34.4 Å². The molecule has 122 valence electrons. The molecule has 0 saturated heterocycles. The third-order valence-corrected chi connectivity index (χ3v) is 4.08. The van der Waals surface area contributed by atoms with Crippen LogP contribution in [0.4, 0.5) is 0 Å². The quantitative estimate of drug-likeness (QED) is 0.562. The molecular weight excluding hydrogens is 318 g/mol. The van der Waals surface area contributed by atoms with Gasteiger partial charge in [-0.2, -0.15) is 9.97 Å². The Labute approximate surface area is 142 Å². The molecule has 1 aliphatic rings. The Morgan fingerprint density at radius 2 is 1.52 bits per heavy atom. The van der Waals surface area contributed by atoms with Gasteiger partial charge in [-0.15, -0.1) is 0 Å². The maximum atomic E-state index is 5.34. The van der Waals surface area contributed by atoms with E-state index in [-0.39, 0.29) is 0 Å². The Morgan fingerprint density at radius 3 is 2.20 bits per heavy atom. The second kappa shape index (κ2) is 5.62. The molecule has 4 aromatic rings. The van der Waals surface area contributed by atoms with E-state index in [0.717, 1.165) is 29.8 Å². The highest BCUT2D eigenvalue weighted by Crippen LogP contribution is 2.39. The number of hydrogen-bond acceptors (Lipinski definition) is 7. The number of hydrogen-bond donors (Lipinski definition) is 0. The normalized spacial score (nSPS) is 13.9. The first-order valence-corrected chi connectivity index (χ1v) is 8.06. The van der Waals surface area contributed by atoms with Crippen molar-refractivity contribution in [3.63, 3.8) is 0 Å². The number of benzene rings is 1. The van der Waals surface area contributed by atoms with Gasteiger partial charge in [-0.05, 0) is 49.2 Å². The van der Waals surface area contributed by atoms with Crippen LogP contribution >= 0.6 is 0 Å². The van der Waals surface area contributed by atoms with Gasteiger partial charge in [-0.25, -0.2) is 0 Å². The summed E-state index contributed by atoms with van der Waals surface area (Å²) in [5.41, 5.74) is 2.36. The van der Waals surface area contributed by atoms with Gasteiger partial charge in [0.1, 0.15) is 5.69 Å². The molecule has 0 atom stereocenters. The van der Waals surface area contributed by atoms with Crippen LogP contribution in [0.3, 0.4) is 0 Å². The first-order valence-electron chi connectivity index (χ1n) is 8.06. The molecule has 1 saturated carbocycles. The van der Waals surface area contributed by atoms with E-state index in [2.05, 4.69) is 25.3 Å². The zero-order chi connectivity index (χ0) is 16.6. The minimum absolute atomic E-state index is 0.441. The van der Waals surface area contributed by atoms with E-state index >= 15 is 0 Å². The second-order valence-electron chi connectivity index (χ2n) is 5.95. The van der Waals surface area contributed by atoms with Gasteiger partial charge in [-0.3, -0.25) is 4.98 Å². The zero-order valence-electron chi connectivity index (χ0n) is 13.2. The molecule has 0 aliphatic heterocycles. The molecule has 1 aliphatic carbocycles. The molecule has 1 aromatic carbocycles. The van der Waals surface area contributed by atoms with E-state index in [1.54, 1.807) is 6.20 Å². The van der Waals surface area contributed by atoms with E-state index in [1.165, 1.54) is 0 Å². The number of aromatic nitrogens is 5. The number of pyridine rings is 1. The van der Waals surface area contributed by atoms with Crippen LogP contribution in [0.15, 0.2) is 57.7 Å². The summed E-state index contributed by atoms with van der Waals surface area (Å²) in [5.74, 6) is 2.71. The average Bonchev–Trinajstić information content (AvgIpc) is 3.21. The van der Waals surface area contributed by atoms with Gasteiger partial charge < -0.3 is 9.05 Å². The number of nitrogens with zero attached hydrogens (tertiary/aromatic N) is 5. The third-order valence-electron chi connectivity index (χ3n) is 4.08. The molecule has 0 unspecified atom stereocenters. The maximum Gasteiger partial charge on any atom is 0.258 e. The summed E-state index contributed by atoms with van der Waals surface area (Å²) in [5, 5.41) is 8.02. The second-order valence-corrected chi connectivity index (χ2v) is 5.95. The smallest absolute Gasteiger partial charge is 0.258 e. The highest BCUT2D eigenvalue weighted by atomic mass is 16.5. The largest absolute Gasteiger partial charge is 0.334 e. The fraction of sp³-hybridized carbons (Fsp3) is 0.167. The minimum Gasteiger partial charge on any atom is -0.334 e. The highest BCUT2D eigenvalue weighted by molar-refractivity contribution is 5.62. The van der Waals surface area contributed by atoms with Crippen molar-refractivity contribution in [2.45, 2.75) is 18.8 Å². The standard InChI is InChI=1S/C18H13N5O2/c1-2-10-19-14(3-1)16-21-18(25-23-16)13-8-6-12(7-9-13)17-20-15(22-24-17)11-4-5-11/h1-3,6-11H,4-5H2. The van der Waals surface area contributed by atoms with Crippen molar-refractivity contribution in [3.05, 3.63) is 54.5 Å². The topological polar surface area (TPSA) is 90.7 Å². The lowest BCUT2D eigenvalue weighted by molar-refractivity contribution is 0.422. The Bertz CT molecular complexity index is 1000. The van der Waals surface area contributed by atoms with Gasteiger partial charge in [-0.1, -0.05) is 16.4 Å².